The Hall–Kier alpha value is -0.340. The molecule has 0 aromatic heterocycles. The van der Waals surface area contributed by atoms with Gasteiger partial charge in [0.1, 0.15) is 0 Å². The molecule has 0 heterocycles. The Morgan fingerprint density at radius 1 is 0.811 bits per heavy atom. The van der Waals surface area contributed by atoms with Gasteiger partial charge in [-0.2, -0.15) is 0 Å². The number of unbranched alkanes of at least 4 members (excludes halogenated alkanes) is 10. The average molecular weight is 513 g/mol. The summed E-state index contributed by atoms with van der Waals surface area (Å²) in [4.78, 5) is 0. The minimum atomic E-state index is -0.111. The zero-order valence-corrected chi connectivity index (χ0v) is 25.7. The molecule has 1 unspecified atom stereocenters. The molecule has 0 radical (unpaired) electrons. The van der Waals surface area contributed by atoms with Gasteiger partial charge in [0.05, 0.1) is 0 Å². The summed E-state index contributed by atoms with van der Waals surface area (Å²) in [7, 11) is 0. The van der Waals surface area contributed by atoms with Crippen LogP contribution in [0, 0.1) is 34.5 Å². The molecule has 4 rings (SSSR count). The highest BCUT2D eigenvalue weighted by atomic mass is 15.0. The van der Waals surface area contributed by atoms with Gasteiger partial charge >= 0.3 is 0 Å². The Bertz CT molecular complexity index is 773. The van der Waals surface area contributed by atoms with E-state index in [2.05, 4.69) is 40.7 Å². The van der Waals surface area contributed by atoms with Crippen molar-refractivity contribution in [3.8, 4) is 0 Å². The maximum absolute atomic E-state index is 7.63. The molecule has 4 aliphatic rings. The predicted octanol–water partition coefficient (Wildman–Crippen LogP) is 9.70. The maximum Gasteiger partial charge on any atom is 0.0296 e. The Morgan fingerprint density at radius 3 is 2.08 bits per heavy atom. The van der Waals surface area contributed by atoms with Crippen LogP contribution in [-0.2, 0) is 0 Å². The van der Waals surface area contributed by atoms with Gasteiger partial charge in [0.2, 0.25) is 0 Å². The average Bonchev–Trinajstić information content (AvgIpc) is 3.14. The summed E-state index contributed by atoms with van der Waals surface area (Å²) >= 11 is 0. The van der Waals surface area contributed by atoms with Gasteiger partial charge in [-0.05, 0) is 80.5 Å². The summed E-state index contributed by atoms with van der Waals surface area (Å²) in [5.41, 5.74) is 17.1. The van der Waals surface area contributed by atoms with Crippen molar-refractivity contribution in [1.29, 1.82) is 0 Å². The molecule has 0 spiro atoms. The number of fused-ring (bicyclic) bond motifs is 5. The largest absolute Gasteiger partial charge is 0.324 e. The SMILES string of the molecule is CCCCCCCCCCCCC[C@@H](C)[C@H]1CC[C@@]2(N)C3CC=C4C[C@@H](C)CC[C@]4(C)[C@@]3(N)CC[C@]12C. The number of rotatable bonds is 13. The summed E-state index contributed by atoms with van der Waals surface area (Å²) in [6.45, 7) is 12.4. The smallest absolute Gasteiger partial charge is 0.0296 e. The number of hydrogen-bond acceptors (Lipinski definition) is 2. The van der Waals surface area contributed by atoms with E-state index in [9.17, 15) is 0 Å². The monoisotopic (exact) mass is 513 g/mol. The van der Waals surface area contributed by atoms with Crippen LogP contribution in [0.5, 0.6) is 0 Å². The van der Waals surface area contributed by atoms with E-state index >= 15 is 0 Å². The maximum atomic E-state index is 7.63. The fourth-order valence-corrected chi connectivity index (χ4v) is 10.3. The molecule has 3 fully saturated rings. The third-order valence-corrected chi connectivity index (χ3v) is 13.0. The molecule has 4 N–H and O–H groups in total. The molecule has 0 bridgehead atoms. The van der Waals surface area contributed by atoms with Crippen molar-refractivity contribution in [3.05, 3.63) is 11.6 Å². The molecule has 0 amide bonds. The summed E-state index contributed by atoms with van der Waals surface area (Å²) in [6.07, 6.45) is 29.7. The van der Waals surface area contributed by atoms with Crippen molar-refractivity contribution >= 4 is 0 Å². The Labute approximate surface area is 231 Å². The zero-order valence-electron chi connectivity index (χ0n) is 25.7. The van der Waals surface area contributed by atoms with Crippen LogP contribution in [-0.4, -0.2) is 11.1 Å². The van der Waals surface area contributed by atoms with Gasteiger partial charge in [0, 0.05) is 16.5 Å². The summed E-state index contributed by atoms with van der Waals surface area (Å²) in [6, 6.07) is 0. The first kappa shape index (κ1) is 29.6. The van der Waals surface area contributed by atoms with Gasteiger partial charge in [0.15, 0.2) is 0 Å². The highest BCUT2D eigenvalue weighted by molar-refractivity contribution is 5.35. The molecular weight excluding hydrogens is 448 g/mol. The minimum absolute atomic E-state index is 0.0931. The van der Waals surface area contributed by atoms with Crippen LogP contribution >= 0.6 is 0 Å². The molecule has 0 aromatic rings. The number of allylic oxidation sites excluding steroid dienone is 1. The van der Waals surface area contributed by atoms with Crippen molar-refractivity contribution in [1.82, 2.24) is 0 Å². The van der Waals surface area contributed by atoms with Crippen molar-refractivity contribution in [2.75, 3.05) is 0 Å². The molecule has 3 saturated carbocycles. The molecular formula is C35H64N2. The quantitative estimate of drug-likeness (QED) is 0.190. The van der Waals surface area contributed by atoms with E-state index in [0.29, 0.717) is 5.92 Å². The van der Waals surface area contributed by atoms with Crippen LogP contribution < -0.4 is 11.5 Å². The van der Waals surface area contributed by atoms with Crippen molar-refractivity contribution < 1.29 is 0 Å². The summed E-state index contributed by atoms with van der Waals surface area (Å²) in [5.74, 6) is 2.82. The Balaban J connectivity index is 1.28. The van der Waals surface area contributed by atoms with Gasteiger partial charge in [-0.3, -0.25) is 0 Å². The first-order chi connectivity index (χ1) is 17.6. The lowest BCUT2D eigenvalue weighted by molar-refractivity contribution is -0.0864. The standard InChI is InChI=1S/C35H64N2/c1-6-7-8-9-10-11-12-13-14-15-16-17-28(3)30-21-23-34(36)31-19-18-29-26-27(2)20-22-32(29,4)35(31,37)25-24-33(30,34)5/h18,27-28,30-31H,6-17,19-26,36-37H2,1-5H3/t27-,28+,30+,31?,32-,33+,34+,35+/m0/s1. The normalized spacial score (nSPS) is 42.0. The molecule has 0 saturated heterocycles. The van der Waals surface area contributed by atoms with Gasteiger partial charge < -0.3 is 11.5 Å². The van der Waals surface area contributed by atoms with Crippen LogP contribution in [0.1, 0.15) is 163 Å². The van der Waals surface area contributed by atoms with E-state index in [4.69, 9.17) is 11.5 Å². The van der Waals surface area contributed by atoms with E-state index in [0.717, 1.165) is 24.2 Å². The van der Waals surface area contributed by atoms with Crippen molar-refractivity contribution in [3.63, 3.8) is 0 Å². The van der Waals surface area contributed by atoms with Crippen LogP contribution in [0.25, 0.3) is 0 Å². The molecule has 4 aliphatic carbocycles. The van der Waals surface area contributed by atoms with E-state index in [1.165, 1.54) is 122 Å². The van der Waals surface area contributed by atoms with Gasteiger partial charge in [0.25, 0.3) is 0 Å². The second-order valence-corrected chi connectivity index (χ2v) is 15.1. The first-order valence-electron chi connectivity index (χ1n) is 16.9. The topological polar surface area (TPSA) is 52.0 Å². The van der Waals surface area contributed by atoms with E-state index < -0.39 is 0 Å². The van der Waals surface area contributed by atoms with Gasteiger partial charge in [-0.25, -0.2) is 0 Å². The third kappa shape index (κ3) is 5.38. The summed E-state index contributed by atoms with van der Waals surface area (Å²) < 4.78 is 0. The molecule has 37 heavy (non-hydrogen) atoms. The van der Waals surface area contributed by atoms with Crippen LogP contribution in [0.4, 0.5) is 0 Å². The number of hydrogen-bond donors (Lipinski definition) is 2. The fraction of sp³-hybridized carbons (Fsp3) is 0.943. The molecule has 2 heteroatoms. The van der Waals surface area contributed by atoms with E-state index in [1.807, 2.05) is 0 Å². The lowest BCUT2D eigenvalue weighted by Crippen LogP contribution is -2.75. The predicted molar refractivity (Wildman–Crippen MR) is 161 cm³/mol. The molecule has 214 valence electrons. The minimum Gasteiger partial charge on any atom is -0.324 e. The zero-order chi connectivity index (χ0) is 26.7. The van der Waals surface area contributed by atoms with Gasteiger partial charge in [-0.15, -0.1) is 0 Å². The molecule has 8 atom stereocenters. The van der Waals surface area contributed by atoms with Crippen molar-refractivity contribution in [2.24, 2.45) is 46.0 Å². The number of nitrogens with two attached hydrogens (primary N) is 2. The lowest BCUT2D eigenvalue weighted by Gasteiger charge is -2.67. The van der Waals surface area contributed by atoms with Gasteiger partial charge in [-0.1, -0.05) is 123 Å². The lowest BCUT2D eigenvalue weighted by atomic mass is 9.41. The highest BCUT2D eigenvalue weighted by Crippen LogP contribution is 2.69. The highest BCUT2D eigenvalue weighted by Gasteiger charge is 2.69. The second kappa shape index (κ2) is 12.0. The summed E-state index contributed by atoms with van der Waals surface area (Å²) in [5, 5.41) is 0. The van der Waals surface area contributed by atoms with Crippen LogP contribution in [0.3, 0.4) is 0 Å². The molecule has 2 nitrogen and oxygen atoms in total. The third-order valence-electron chi connectivity index (χ3n) is 13.0. The van der Waals surface area contributed by atoms with E-state index in [1.54, 1.807) is 5.57 Å². The molecule has 0 aromatic carbocycles. The van der Waals surface area contributed by atoms with Crippen LogP contribution in [0.15, 0.2) is 11.6 Å². The van der Waals surface area contributed by atoms with Crippen molar-refractivity contribution in [2.45, 2.75) is 174 Å². The fourth-order valence-electron chi connectivity index (χ4n) is 10.3. The second-order valence-electron chi connectivity index (χ2n) is 15.1. The Kier molecular flexibility index (Phi) is 9.64. The first-order valence-corrected chi connectivity index (χ1v) is 16.9. The van der Waals surface area contributed by atoms with Crippen LogP contribution in [0.2, 0.25) is 0 Å². The molecule has 0 aliphatic heterocycles. The Morgan fingerprint density at radius 2 is 1.43 bits per heavy atom. The van der Waals surface area contributed by atoms with E-state index in [-0.39, 0.29) is 21.9 Å².